The van der Waals surface area contributed by atoms with Crippen LogP contribution in [0.25, 0.3) is 0 Å². The highest BCUT2D eigenvalue weighted by Crippen LogP contribution is 2.39. The van der Waals surface area contributed by atoms with Crippen molar-refractivity contribution in [3.63, 3.8) is 0 Å². The van der Waals surface area contributed by atoms with Crippen LogP contribution in [0.15, 0.2) is 24.4 Å². The zero-order valence-electron chi connectivity index (χ0n) is 15.5. The van der Waals surface area contributed by atoms with Gasteiger partial charge in [-0.1, -0.05) is 29.8 Å². The standard InChI is InChI=1S/C20H24ClN5O/c1-13-3-2-4-14(16(13)21)17(22)18-19(23)25-15(11-24-18)26-8-5-20(6-9-26)7-10-27-12-20/h2-4,11,22H,5-10,12H2,1H3,(H2,23,25). The largest absolute Gasteiger partial charge is 0.382 e. The number of benzene rings is 1. The molecule has 2 aliphatic heterocycles. The summed E-state index contributed by atoms with van der Waals surface area (Å²) in [5.41, 5.74) is 8.61. The van der Waals surface area contributed by atoms with Crippen molar-refractivity contribution in [2.24, 2.45) is 5.41 Å². The van der Waals surface area contributed by atoms with E-state index in [-0.39, 0.29) is 11.5 Å². The van der Waals surface area contributed by atoms with Gasteiger partial charge in [-0.25, -0.2) is 9.97 Å². The van der Waals surface area contributed by atoms with E-state index in [9.17, 15) is 0 Å². The van der Waals surface area contributed by atoms with Gasteiger partial charge in [-0.05, 0) is 37.2 Å². The number of nitrogens with two attached hydrogens (primary N) is 1. The Morgan fingerprint density at radius 1 is 1.30 bits per heavy atom. The lowest BCUT2D eigenvalue weighted by Crippen LogP contribution is -2.41. The molecule has 7 heteroatoms. The number of hydrogen-bond donors (Lipinski definition) is 2. The van der Waals surface area contributed by atoms with E-state index in [2.05, 4.69) is 14.9 Å². The molecule has 2 fully saturated rings. The van der Waals surface area contributed by atoms with Gasteiger partial charge in [-0.2, -0.15) is 0 Å². The Kier molecular flexibility index (Phi) is 4.78. The van der Waals surface area contributed by atoms with Crippen LogP contribution in [0.1, 0.15) is 36.1 Å². The maximum atomic E-state index is 8.48. The number of nitrogens with zero attached hydrogens (tertiary/aromatic N) is 3. The van der Waals surface area contributed by atoms with Crippen LogP contribution in [0, 0.1) is 17.7 Å². The predicted molar refractivity (Wildman–Crippen MR) is 108 cm³/mol. The third-order valence-corrected chi connectivity index (χ3v) is 6.32. The van der Waals surface area contributed by atoms with E-state index in [1.165, 1.54) is 0 Å². The summed E-state index contributed by atoms with van der Waals surface area (Å²) in [5, 5.41) is 9.03. The SMILES string of the molecule is Cc1cccc(C(=N)c2ncc(N3CCC4(CCOC4)CC3)nc2N)c1Cl. The summed E-state index contributed by atoms with van der Waals surface area (Å²) >= 11 is 6.35. The molecule has 0 radical (unpaired) electrons. The molecule has 1 aromatic heterocycles. The number of anilines is 2. The monoisotopic (exact) mass is 385 g/mol. The molecule has 0 amide bonds. The first kappa shape index (κ1) is 18.2. The number of aromatic nitrogens is 2. The number of ether oxygens (including phenoxy) is 1. The maximum absolute atomic E-state index is 8.48. The molecule has 0 bridgehead atoms. The van der Waals surface area contributed by atoms with Gasteiger partial charge in [0.25, 0.3) is 0 Å². The van der Waals surface area contributed by atoms with Crippen molar-refractivity contribution in [3.05, 3.63) is 46.2 Å². The zero-order chi connectivity index (χ0) is 19.0. The highest BCUT2D eigenvalue weighted by molar-refractivity contribution is 6.36. The number of nitrogens with one attached hydrogen (secondary N) is 1. The second kappa shape index (κ2) is 7.09. The molecule has 4 rings (SSSR count). The Morgan fingerprint density at radius 3 is 2.74 bits per heavy atom. The van der Waals surface area contributed by atoms with Crippen molar-refractivity contribution >= 4 is 28.9 Å². The van der Waals surface area contributed by atoms with Crippen molar-refractivity contribution in [1.29, 1.82) is 5.41 Å². The second-order valence-electron chi connectivity index (χ2n) is 7.56. The summed E-state index contributed by atoms with van der Waals surface area (Å²) < 4.78 is 5.60. The first-order chi connectivity index (χ1) is 13.0. The number of nitrogen functional groups attached to an aromatic ring is 1. The van der Waals surface area contributed by atoms with E-state index in [4.69, 9.17) is 27.5 Å². The van der Waals surface area contributed by atoms with Gasteiger partial charge in [0.05, 0.1) is 23.5 Å². The Labute approximate surface area is 164 Å². The molecule has 2 aromatic rings. The molecule has 1 aromatic carbocycles. The first-order valence-electron chi connectivity index (χ1n) is 9.29. The molecule has 2 aliphatic rings. The van der Waals surface area contributed by atoms with Crippen molar-refractivity contribution < 1.29 is 4.74 Å². The molecule has 0 aliphatic carbocycles. The zero-order valence-corrected chi connectivity index (χ0v) is 16.2. The lowest BCUT2D eigenvalue weighted by molar-refractivity contribution is 0.133. The van der Waals surface area contributed by atoms with Gasteiger partial charge >= 0.3 is 0 Å². The molecule has 0 atom stereocenters. The van der Waals surface area contributed by atoms with Crippen LogP contribution >= 0.6 is 11.6 Å². The molecule has 6 nitrogen and oxygen atoms in total. The number of piperidine rings is 1. The fraction of sp³-hybridized carbons (Fsp3) is 0.450. The van der Waals surface area contributed by atoms with Crippen LogP contribution in [-0.2, 0) is 4.74 Å². The first-order valence-corrected chi connectivity index (χ1v) is 9.66. The van der Waals surface area contributed by atoms with Crippen molar-refractivity contribution in [2.75, 3.05) is 36.9 Å². The third-order valence-electron chi connectivity index (χ3n) is 5.82. The molecule has 0 saturated carbocycles. The summed E-state index contributed by atoms with van der Waals surface area (Å²) in [6, 6.07) is 5.59. The third kappa shape index (κ3) is 3.39. The summed E-state index contributed by atoms with van der Waals surface area (Å²) in [6.45, 7) is 5.53. The molecule has 3 heterocycles. The van der Waals surface area contributed by atoms with Crippen LogP contribution in [-0.4, -0.2) is 42.0 Å². The lowest BCUT2D eigenvalue weighted by atomic mass is 9.78. The van der Waals surface area contributed by atoms with E-state index in [0.717, 1.165) is 56.9 Å². The maximum Gasteiger partial charge on any atom is 0.154 e. The van der Waals surface area contributed by atoms with Crippen LogP contribution in [0.5, 0.6) is 0 Å². The van der Waals surface area contributed by atoms with E-state index >= 15 is 0 Å². The topological polar surface area (TPSA) is 88.1 Å². The minimum absolute atomic E-state index is 0.195. The van der Waals surface area contributed by atoms with E-state index in [1.807, 2.05) is 19.1 Å². The number of rotatable bonds is 3. The minimum Gasteiger partial charge on any atom is -0.382 e. The van der Waals surface area contributed by atoms with E-state index < -0.39 is 0 Å². The highest BCUT2D eigenvalue weighted by Gasteiger charge is 2.38. The molecular formula is C20H24ClN5O. The van der Waals surface area contributed by atoms with Crippen molar-refractivity contribution in [2.45, 2.75) is 26.2 Å². The van der Waals surface area contributed by atoms with Crippen molar-refractivity contribution in [1.82, 2.24) is 9.97 Å². The molecule has 0 unspecified atom stereocenters. The minimum atomic E-state index is 0.195. The lowest BCUT2D eigenvalue weighted by Gasteiger charge is -2.38. The average Bonchev–Trinajstić information content (AvgIpc) is 3.12. The fourth-order valence-electron chi connectivity index (χ4n) is 3.96. The Hall–Kier alpha value is -2.18. The van der Waals surface area contributed by atoms with Gasteiger partial charge in [0, 0.05) is 25.3 Å². The molecule has 3 N–H and O–H groups in total. The smallest absolute Gasteiger partial charge is 0.154 e. The molecular weight excluding hydrogens is 362 g/mol. The molecule has 1 spiro atoms. The predicted octanol–water partition coefficient (Wildman–Crippen LogP) is 3.44. The molecule has 27 heavy (non-hydrogen) atoms. The Morgan fingerprint density at radius 2 is 2.07 bits per heavy atom. The Balaban J connectivity index is 1.53. The van der Waals surface area contributed by atoms with E-state index in [0.29, 0.717) is 21.7 Å². The van der Waals surface area contributed by atoms with Gasteiger partial charge in [0.1, 0.15) is 11.5 Å². The van der Waals surface area contributed by atoms with Gasteiger partial charge in [0.15, 0.2) is 5.82 Å². The summed E-state index contributed by atoms with van der Waals surface area (Å²) in [7, 11) is 0. The van der Waals surface area contributed by atoms with Gasteiger partial charge in [-0.15, -0.1) is 0 Å². The van der Waals surface area contributed by atoms with Crippen LogP contribution < -0.4 is 10.6 Å². The molecule has 2 saturated heterocycles. The second-order valence-corrected chi connectivity index (χ2v) is 7.94. The summed E-state index contributed by atoms with van der Waals surface area (Å²) in [5.74, 6) is 1.03. The van der Waals surface area contributed by atoms with Crippen LogP contribution in [0.4, 0.5) is 11.6 Å². The van der Waals surface area contributed by atoms with Gasteiger partial charge < -0.3 is 15.4 Å². The quantitative estimate of drug-likeness (QED) is 0.790. The number of aryl methyl sites for hydroxylation is 1. The summed E-state index contributed by atoms with van der Waals surface area (Å²) in [4.78, 5) is 11.2. The number of hydrogen-bond acceptors (Lipinski definition) is 6. The van der Waals surface area contributed by atoms with Gasteiger partial charge in [0.2, 0.25) is 0 Å². The average molecular weight is 386 g/mol. The van der Waals surface area contributed by atoms with Crippen LogP contribution in [0.2, 0.25) is 5.02 Å². The number of halogens is 1. The summed E-state index contributed by atoms with van der Waals surface area (Å²) in [6.07, 6.45) is 5.07. The van der Waals surface area contributed by atoms with Gasteiger partial charge in [-0.3, -0.25) is 5.41 Å². The molecule has 142 valence electrons. The highest BCUT2D eigenvalue weighted by atomic mass is 35.5. The fourth-order valence-corrected chi connectivity index (χ4v) is 4.18. The Bertz CT molecular complexity index is 869. The van der Waals surface area contributed by atoms with Crippen molar-refractivity contribution in [3.8, 4) is 0 Å². The van der Waals surface area contributed by atoms with E-state index in [1.54, 1.807) is 12.3 Å². The normalized spacial score (nSPS) is 18.8. The van der Waals surface area contributed by atoms with Crippen LogP contribution in [0.3, 0.4) is 0 Å².